The van der Waals surface area contributed by atoms with Crippen molar-refractivity contribution in [1.82, 2.24) is 5.32 Å². The van der Waals surface area contributed by atoms with Gasteiger partial charge in [-0.3, -0.25) is 0 Å². The quantitative estimate of drug-likeness (QED) is 0.859. The average molecular weight is 261 g/mol. The van der Waals surface area contributed by atoms with Crippen LogP contribution in [0, 0.1) is 11.8 Å². The molecule has 0 saturated carbocycles. The summed E-state index contributed by atoms with van der Waals surface area (Å²) in [6, 6.07) is 9.40. The maximum atomic E-state index is 5.81. The van der Waals surface area contributed by atoms with Crippen molar-refractivity contribution < 1.29 is 4.74 Å². The number of nitrogens with one attached hydrogen (secondary N) is 1. The largest absolute Gasteiger partial charge is 0.493 e. The van der Waals surface area contributed by atoms with Gasteiger partial charge in [0.05, 0.1) is 6.61 Å². The van der Waals surface area contributed by atoms with E-state index in [0.29, 0.717) is 18.0 Å². The number of benzene rings is 1. The number of para-hydroxylation sites is 1. The molecule has 106 valence electrons. The van der Waals surface area contributed by atoms with E-state index in [4.69, 9.17) is 4.74 Å². The molecule has 0 fully saturated rings. The molecule has 1 aliphatic heterocycles. The van der Waals surface area contributed by atoms with Gasteiger partial charge < -0.3 is 10.1 Å². The molecule has 0 aliphatic carbocycles. The maximum Gasteiger partial charge on any atom is 0.124 e. The van der Waals surface area contributed by atoms with E-state index in [9.17, 15) is 0 Å². The zero-order valence-electron chi connectivity index (χ0n) is 12.6. The second-order valence-corrected chi connectivity index (χ2v) is 6.34. The highest BCUT2D eigenvalue weighted by atomic mass is 16.5. The van der Waals surface area contributed by atoms with Gasteiger partial charge in [0.2, 0.25) is 0 Å². The lowest BCUT2D eigenvalue weighted by atomic mass is 9.91. The topological polar surface area (TPSA) is 21.3 Å². The lowest BCUT2D eigenvalue weighted by Crippen LogP contribution is -2.38. The Bertz CT molecular complexity index is 402. The van der Waals surface area contributed by atoms with Gasteiger partial charge in [-0.1, -0.05) is 39.0 Å². The molecule has 0 bridgehead atoms. The smallest absolute Gasteiger partial charge is 0.124 e. The van der Waals surface area contributed by atoms with Gasteiger partial charge in [0.25, 0.3) is 0 Å². The number of fused-ring (bicyclic) bond motifs is 1. The third kappa shape index (κ3) is 3.73. The highest BCUT2D eigenvalue weighted by Crippen LogP contribution is 2.35. The normalized spacial score (nSPS) is 23.8. The van der Waals surface area contributed by atoms with Crippen molar-refractivity contribution >= 4 is 0 Å². The molecule has 1 aliphatic rings. The van der Waals surface area contributed by atoms with Crippen LogP contribution in [0.4, 0.5) is 0 Å². The van der Waals surface area contributed by atoms with Crippen molar-refractivity contribution in [2.24, 2.45) is 11.8 Å². The summed E-state index contributed by atoms with van der Waals surface area (Å²) in [6.07, 6.45) is 2.53. The fourth-order valence-electron chi connectivity index (χ4n) is 2.72. The van der Waals surface area contributed by atoms with E-state index < -0.39 is 0 Å². The summed E-state index contributed by atoms with van der Waals surface area (Å²) in [5.74, 6) is 2.36. The summed E-state index contributed by atoms with van der Waals surface area (Å²) in [7, 11) is 0. The predicted molar refractivity (Wildman–Crippen MR) is 80.5 cm³/mol. The summed E-state index contributed by atoms with van der Waals surface area (Å²) < 4.78 is 5.81. The molecule has 3 unspecified atom stereocenters. The summed E-state index contributed by atoms with van der Waals surface area (Å²) in [6.45, 7) is 9.96. The maximum absolute atomic E-state index is 5.81. The van der Waals surface area contributed by atoms with Crippen LogP contribution in [0.2, 0.25) is 0 Å². The van der Waals surface area contributed by atoms with Crippen LogP contribution < -0.4 is 10.1 Å². The third-order valence-electron chi connectivity index (χ3n) is 3.97. The Hall–Kier alpha value is -1.02. The fraction of sp³-hybridized carbons (Fsp3) is 0.647. The minimum Gasteiger partial charge on any atom is -0.493 e. The molecule has 1 heterocycles. The molecule has 3 atom stereocenters. The first-order chi connectivity index (χ1) is 9.08. The molecule has 2 rings (SSSR count). The molecule has 0 spiro atoms. The third-order valence-corrected chi connectivity index (χ3v) is 3.97. The molecule has 2 nitrogen and oxygen atoms in total. The lowest BCUT2D eigenvalue weighted by Gasteiger charge is -2.34. The van der Waals surface area contributed by atoms with Gasteiger partial charge >= 0.3 is 0 Å². The van der Waals surface area contributed by atoms with Crippen LogP contribution in [-0.4, -0.2) is 12.6 Å². The highest BCUT2D eigenvalue weighted by molar-refractivity contribution is 5.37. The summed E-state index contributed by atoms with van der Waals surface area (Å²) in [4.78, 5) is 0. The minimum absolute atomic E-state index is 0.423. The standard InChI is InChI=1S/C17H27NO/c1-12(2)9-10-14(4)18-17-13(3)11-19-16-8-6-5-7-15(16)17/h5-8,12-14,17-18H,9-11H2,1-4H3. The fourth-order valence-corrected chi connectivity index (χ4v) is 2.72. The minimum atomic E-state index is 0.423. The molecule has 1 aromatic rings. The van der Waals surface area contributed by atoms with Gasteiger partial charge in [0.1, 0.15) is 5.75 Å². The first-order valence-electron chi connectivity index (χ1n) is 7.55. The molecule has 19 heavy (non-hydrogen) atoms. The Morgan fingerprint density at radius 1 is 1.21 bits per heavy atom. The van der Waals surface area contributed by atoms with Crippen LogP contribution in [0.5, 0.6) is 5.75 Å². The molecule has 0 radical (unpaired) electrons. The number of ether oxygens (including phenoxy) is 1. The van der Waals surface area contributed by atoms with E-state index in [1.165, 1.54) is 18.4 Å². The van der Waals surface area contributed by atoms with Gasteiger partial charge in [-0.15, -0.1) is 0 Å². The van der Waals surface area contributed by atoms with E-state index in [2.05, 4.69) is 51.2 Å². The van der Waals surface area contributed by atoms with E-state index in [1.807, 2.05) is 6.07 Å². The van der Waals surface area contributed by atoms with Gasteiger partial charge in [0, 0.05) is 23.6 Å². The Morgan fingerprint density at radius 3 is 2.68 bits per heavy atom. The second kappa shape index (κ2) is 6.42. The Morgan fingerprint density at radius 2 is 1.95 bits per heavy atom. The number of hydrogen-bond acceptors (Lipinski definition) is 2. The summed E-state index contributed by atoms with van der Waals surface area (Å²) >= 11 is 0. The SMILES string of the molecule is CC(C)CCC(C)NC1c2ccccc2OCC1C. The van der Waals surface area contributed by atoms with Gasteiger partial charge in [-0.05, 0) is 31.7 Å². The molecular formula is C17H27NO. The number of rotatable bonds is 5. The van der Waals surface area contributed by atoms with E-state index in [1.54, 1.807) is 0 Å². The molecule has 2 heteroatoms. The lowest BCUT2D eigenvalue weighted by molar-refractivity contribution is 0.179. The van der Waals surface area contributed by atoms with Gasteiger partial charge in [-0.2, -0.15) is 0 Å². The van der Waals surface area contributed by atoms with Crippen LogP contribution in [0.25, 0.3) is 0 Å². The van der Waals surface area contributed by atoms with E-state index in [0.717, 1.165) is 18.3 Å². The van der Waals surface area contributed by atoms with Crippen LogP contribution in [-0.2, 0) is 0 Å². The second-order valence-electron chi connectivity index (χ2n) is 6.34. The first kappa shape index (κ1) is 14.4. The zero-order valence-corrected chi connectivity index (χ0v) is 12.6. The first-order valence-corrected chi connectivity index (χ1v) is 7.55. The Labute approximate surface area is 117 Å². The number of hydrogen-bond donors (Lipinski definition) is 1. The molecule has 0 aromatic heterocycles. The van der Waals surface area contributed by atoms with Crippen molar-refractivity contribution in [1.29, 1.82) is 0 Å². The Kier molecular flexibility index (Phi) is 4.87. The van der Waals surface area contributed by atoms with Crippen molar-refractivity contribution in [3.05, 3.63) is 29.8 Å². The van der Waals surface area contributed by atoms with Crippen LogP contribution in [0.3, 0.4) is 0 Å². The predicted octanol–water partition coefficient (Wildman–Crippen LogP) is 4.17. The van der Waals surface area contributed by atoms with E-state index in [-0.39, 0.29) is 0 Å². The summed E-state index contributed by atoms with van der Waals surface area (Å²) in [5.41, 5.74) is 1.32. The van der Waals surface area contributed by atoms with Crippen molar-refractivity contribution in [2.45, 2.75) is 52.6 Å². The van der Waals surface area contributed by atoms with Crippen molar-refractivity contribution in [3.8, 4) is 5.75 Å². The molecular weight excluding hydrogens is 234 g/mol. The van der Waals surface area contributed by atoms with Crippen molar-refractivity contribution in [3.63, 3.8) is 0 Å². The van der Waals surface area contributed by atoms with Crippen molar-refractivity contribution in [2.75, 3.05) is 6.61 Å². The highest BCUT2D eigenvalue weighted by Gasteiger charge is 2.28. The van der Waals surface area contributed by atoms with Gasteiger partial charge in [0.15, 0.2) is 0 Å². The monoisotopic (exact) mass is 261 g/mol. The van der Waals surface area contributed by atoms with E-state index >= 15 is 0 Å². The molecule has 0 amide bonds. The summed E-state index contributed by atoms with van der Waals surface area (Å²) in [5, 5.41) is 3.80. The van der Waals surface area contributed by atoms with Crippen LogP contribution in [0.1, 0.15) is 52.1 Å². The molecule has 0 saturated heterocycles. The van der Waals surface area contributed by atoms with Gasteiger partial charge in [-0.25, -0.2) is 0 Å². The van der Waals surface area contributed by atoms with Crippen LogP contribution in [0.15, 0.2) is 24.3 Å². The molecule has 1 N–H and O–H groups in total. The Balaban J connectivity index is 2.02. The van der Waals surface area contributed by atoms with Crippen LogP contribution >= 0.6 is 0 Å². The average Bonchev–Trinajstić information content (AvgIpc) is 2.40. The molecule has 1 aromatic carbocycles. The zero-order chi connectivity index (χ0) is 13.8.